The molecule has 3 rings (SSSR count). The van der Waals surface area contributed by atoms with Crippen LogP contribution in [0.3, 0.4) is 0 Å². The zero-order valence-corrected chi connectivity index (χ0v) is 16.8. The lowest BCUT2D eigenvalue weighted by molar-refractivity contribution is -0.140. The van der Waals surface area contributed by atoms with Crippen LogP contribution in [-0.4, -0.2) is 55.3 Å². The average Bonchev–Trinajstić information content (AvgIpc) is 3.51. The summed E-state index contributed by atoms with van der Waals surface area (Å²) in [6.45, 7) is 1.50. The highest BCUT2D eigenvalue weighted by atomic mass is 19.4. The van der Waals surface area contributed by atoms with Crippen LogP contribution in [0, 0.1) is 11.8 Å². The van der Waals surface area contributed by atoms with E-state index < -0.39 is 17.8 Å². The highest BCUT2D eigenvalue weighted by Crippen LogP contribution is 2.40. The summed E-state index contributed by atoms with van der Waals surface area (Å²) in [5.74, 6) is -0.526. The molecule has 0 aromatic heterocycles. The maximum Gasteiger partial charge on any atom is 0.416 e. The van der Waals surface area contributed by atoms with Crippen molar-refractivity contribution in [1.82, 2.24) is 15.1 Å². The van der Waals surface area contributed by atoms with Gasteiger partial charge < -0.3 is 15.1 Å². The van der Waals surface area contributed by atoms with Crippen molar-refractivity contribution in [3.63, 3.8) is 0 Å². The van der Waals surface area contributed by atoms with Crippen LogP contribution >= 0.6 is 0 Å². The molecule has 1 aromatic rings. The number of hydrogen-bond donors (Lipinski definition) is 1. The number of rotatable bonds is 6. The van der Waals surface area contributed by atoms with E-state index in [0.29, 0.717) is 24.9 Å². The molecule has 2 atom stereocenters. The molecule has 5 nitrogen and oxygen atoms in total. The van der Waals surface area contributed by atoms with E-state index in [1.807, 2.05) is 19.0 Å². The SMILES string of the molecule is CN(C)CCNC(=O)[C@H]1CC[C@H](c2cccc(C(F)(F)F)c2)N(C(=O)C2CC2)C1. The largest absolute Gasteiger partial charge is 0.416 e. The van der Waals surface area contributed by atoms with Crippen LogP contribution < -0.4 is 5.32 Å². The first kappa shape index (κ1) is 21.6. The molecular weight excluding hydrogens is 383 g/mol. The Morgan fingerprint density at radius 3 is 2.45 bits per heavy atom. The van der Waals surface area contributed by atoms with Gasteiger partial charge in [-0.15, -0.1) is 0 Å². The van der Waals surface area contributed by atoms with Gasteiger partial charge in [0.2, 0.25) is 11.8 Å². The molecule has 0 bridgehead atoms. The van der Waals surface area contributed by atoms with E-state index in [4.69, 9.17) is 0 Å². The Morgan fingerprint density at radius 1 is 1.14 bits per heavy atom. The molecule has 1 aromatic carbocycles. The summed E-state index contributed by atoms with van der Waals surface area (Å²) >= 11 is 0. The van der Waals surface area contributed by atoms with Crippen molar-refractivity contribution >= 4 is 11.8 Å². The summed E-state index contributed by atoms with van der Waals surface area (Å²) in [5.41, 5.74) is -0.224. The van der Waals surface area contributed by atoms with Crippen molar-refractivity contribution < 1.29 is 22.8 Å². The van der Waals surface area contributed by atoms with Gasteiger partial charge in [0.25, 0.3) is 0 Å². The lowest BCUT2D eigenvalue weighted by Crippen LogP contribution is -2.48. The van der Waals surface area contributed by atoms with Crippen LogP contribution in [0.25, 0.3) is 0 Å². The number of amides is 2. The molecule has 0 unspecified atom stereocenters. The lowest BCUT2D eigenvalue weighted by atomic mass is 9.87. The molecule has 2 fully saturated rings. The van der Waals surface area contributed by atoms with E-state index in [2.05, 4.69) is 5.32 Å². The second-order valence-corrected chi connectivity index (χ2v) is 8.27. The molecule has 29 heavy (non-hydrogen) atoms. The number of nitrogens with one attached hydrogen (secondary N) is 1. The molecule has 160 valence electrons. The van der Waals surface area contributed by atoms with Gasteiger partial charge in [-0.05, 0) is 57.5 Å². The molecule has 1 N–H and O–H groups in total. The fourth-order valence-corrected chi connectivity index (χ4v) is 3.81. The van der Waals surface area contributed by atoms with E-state index in [1.165, 1.54) is 6.07 Å². The summed E-state index contributed by atoms with van der Waals surface area (Å²) in [5, 5.41) is 2.90. The first-order valence-corrected chi connectivity index (χ1v) is 10.1. The molecule has 0 spiro atoms. The molecule has 2 amide bonds. The average molecular weight is 411 g/mol. The Balaban J connectivity index is 1.75. The van der Waals surface area contributed by atoms with Crippen LogP contribution in [0.1, 0.15) is 42.9 Å². The Bertz CT molecular complexity index is 747. The molecule has 1 saturated carbocycles. The third kappa shape index (κ3) is 5.50. The summed E-state index contributed by atoms with van der Waals surface area (Å²) in [4.78, 5) is 29.0. The van der Waals surface area contributed by atoms with Crippen molar-refractivity contribution in [3.05, 3.63) is 35.4 Å². The summed E-state index contributed by atoms with van der Waals surface area (Å²) in [6, 6.07) is 4.79. The van der Waals surface area contributed by atoms with Gasteiger partial charge in [0.1, 0.15) is 0 Å². The Kier molecular flexibility index (Phi) is 6.51. The van der Waals surface area contributed by atoms with Gasteiger partial charge in [-0.2, -0.15) is 13.2 Å². The molecule has 1 aliphatic carbocycles. The first-order chi connectivity index (χ1) is 13.7. The number of carbonyl (C=O) groups excluding carboxylic acids is 2. The zero-order valence-electron chi connectivity index (χ0n) is 16.8. The van der Waals surface area contributed by atoms with E-state index in [1.54, 1.807) is 11.0 Å². The van der Waals surface area contributed by atoms with Crippen LogP contribution in [0.15, 0.2) is 24.3 Å². The van der Waals surface area contributed by atoms with Gasteiger partial charge in [-0.3, -0.25) is 9.59 Å². The third-order valence-electron chi connectivity index (χ3n) is 5.62. The van der Waals surface area contributed by atoms with Gasteiger partial charge in [0.05, 0.1) is 17.5 Å². The van der Waals surface area contributed by atoms with Crippen molar-refractivity contribution in [1.29, 1.82) is 0 Å². The van der Waals surface area contributed by atoms with Crippen molar-refractivity contribution in [2.75, 3.05) is 33.7 Å². The van der Waals surface area contributed by atoms with Crippen molar-refractivity contribution in [2.24, 2.45) is 11.8 Å². The molecular formula is C21H28F3N3O2. The second-order valence-electron chi connectivity index (χ2n) is 8.27. The van der Waals surface area contributed by atoms with E-state index in [9.17, 15) is 22.8 Å². The summed E-state index contributed by atoms with van der Waals surface area (Å²) in [6.07, 6.45) is -1.78. The minimum atomic E-state index is -4.43. The van der Waals surface area contributed by atoms with Crippen LogP contribution in [0.4, 0.5) is 13.2 Å². The lowest BCUT2D eigenvalue weighted by Gasteiger charge is -2.40. The predicted molar refractivity (Wildman–Crippen MR) is 103 cm³/mol. The number of hydrogen-bond acceptors (Lipinski definition) is 3. The monoisotopic (exact) mass is 411 g/mol. The zero-order chi connectivity index (χ0) is 21.2. The minimum absolute atomic E-state index is 0.0433. The maximum absolute atomic E-state index is 13.1. The minimum Gasteiger partial charge on any atom is -0.355 e. The summed E-state index contributed by atoms with van der Waals surface area (Å²) < 4.78 is 39.4. The highest BCUT2D eigenvalue weighted by molar-refractivity contribution is 5.84. The van der Waals surface area contributed by atoms with Crippen LogP contribution in [0.2, 0.25) is 0 Å². The van der Waals surface area contributed by atoms with E-state index in [0.717, 1.165) is 31.5 Å². The highest BCUT2D eigenvalue weighted by Gasteiger charge is 2.41. The Morgan fingerprint density at radius 2 is 1.83 bits per heavy atom. The molecule has 1 heterocycles. The van der Waals surface area contributed by atoms with Crippen LogP contribution in [0.5, 0.6) is 0 Å². The normalized spacial score (nSPS) is 22.6. The molecule has 1 saturated heterocycles. The fourth-order valence-electron chi connectivity index (χ4n) is 3.81. The van der Waals surface area contributed by atoms with E-state index >= 15 is 0 Å². The first-order valence-electron chi connectivity index (χ1n) is 10.1. The number of carbonyl (C=O) groups is 2. The topological polar surface area (TPSA) is 52.7 Å². The van der Waals surface area contributed by atoms with E-state index in [-0.39, 0.29) is 30.2 Å². The smallest absolute Gasteiger partial charge is 0.355 e. The molecule has 2 aliphatic rings. The quantitative estimate of drug-likeness (QED) is 0.783. The maximum atomic E-state index is 13.1. The molecule has 1 aliphatic heterocycles. The number of likely N-dealkylation sites (N-methyl/N-ethyl adjacent to an activating group) is 1. The number of piperidine rings is 1. The number of halogens is 3. The number of nitrogens with zero attached hydrogens (tertiary/aromatic N) is 2. The van der Waals surface area contributed by atoms with Crippen molar-refractivity contribution in [2.45, 2.75) is 37.9 Å². The van der Waals surface area contributed by atoms with Crippen LogP contribution in [-0.2, 0) is 15.8 Å². The Hall–Kier alpha value is -2.09. The third-order valence-corrected chi connectivity index (χ3v) is 5.62. The summed E-state index contributed by atoms with van der Waals surface area (Å²) in [7, 11) is 3.84. The van der Waals surface area contributed by atoms with Gasteiger partial charge >= 0.3 is 6.18 Å². The van der Waals surface area contributed by atoms with Gasteiger partial charge in [0, 0.05) is 25.6 Å². The van der Waals surface area contributed by atoms with Crippen molar-refractivity contribution in [3.8, 4) is 0 Å². The number of alkyl halides is 3. The van der Waals surface area contributed by atoms with Gasteiger partial charge in [-0.25, -0.2) is 0 Å². The standard InChI is InChI=1S/C21H28F3N3O2/c1-26(2)11-10-25-19(28)16-8-9-18(27(13-16)20(29)14-6-7-14)15-4-3-5-17(12-15)21(22,23)24/h3-5,12,14,16,18H,6-11,13H2,1-2H3,(H,25,28)/t16-,18+/m0/s1. The predicted octanol–water partition coefficient (Wildman–Crippen LogP) is 3.07. The molecule has 0 radical (unpaired) electrons. The number of benzene rings is 1. The Labute approximate surface area is 169 Å². The van der Waals surface area contributed by atoms with Gasteiger partial charge in [-0.1, -0.05) is 12.1 Å². The second kappa shape index (κ2) is 8.73. The number of likely N-dealkylation sites (tertiary alicyclic amines) is 1. The van der Waals surface area contributed by atoms with Gasteiger partial charge in [0.15, 0.2) is 0 Å². The fraction of sp³-hybridized carbons (Fsp3) is 0.619. The molecule has 8 heteroatoms.